The Bertz CT molecular complexity index is 420. The van der Waals surface area contributed by atoms with E-state index in [1.165, 1.54) is 0 Å². The molecule has 0 saturated heterocycles. The lowest BCUT2D eigenvalue weighted by molar-refractivity contribution is -0.117. The second kappa shape index (κ2) is 7.46. The van der Waals surface area contributed by atoms with Crippen molar-refractivity contribution in [1.82, 2.24) is 4.90 Å². The predicted octanol–water partition coefficient (Wildman–Crippen LogP) is 2.23. The van der Waals surface area contributed by atoms with Crippen molar-refractivity contribution in [2.24, 2.45) is 0 Å². The summed E-state index contributed by atoms with van der Waals surface area (Å²) in [4.78, 5) is 13.9. The molecule has 0 aliphatic carbocycles. The van der Waals surface area contributed by atoms with Crippen molar-refractivity contribution >= 4 is 11.6 Å². The number of carbonyl (C=O) groups excluding carboxylic acids is 1. The largest absolute Gasteiger partial charge is 0.325 e. The molecule has 0 aliphatic rings. The maximum Gasteiger partial charge on any atom is 0.238 e. The summed E-state index contributed by atoms with van der Waals surface area (Å²) in [6, 6.07) is 8.92. The van der Waals surface area contributed by atoms with Crippen molar-refractivity contribution < 1.29 is 4.79 Å². The molecule has 0 atom stereocenters. The van der Waals surface area contributed by atoms with Gasteiger partial charge in [-0.2, -0.15) is 5.26 Å². The third-order valence-electron chi connectivity index (χ3n) is 2.65. The number of hydrogen-bond acceptors (Lipinski definition) is 3. The van der Waals surface area contributed by atoms with Crippen LogP contribution in [-0.2, 0) is 4.79 Å². The Morgan fingerprint density at radius 3 is 2.50 bits per heavy atom. The molecule has 0 spiro atoms. The van der Waals surface area contributed by atoms with E-state index in [2.05, 4.69) is 17.1 Å². The van der Waals surface area contributed by atoms with Crippen LogP contribution in [0.5, 0.6) is 0 Å². The molecule has 0 radical (unpaired) electrons. The van der Waals surface area contributed by atoms with Crippen molar-refractivity contribution in [3.63, 3.8) is 0 Å². The highest BCUT2D eigenvalue weighted by atomic mass is 16.2. The molecule has 1 aromatic carbocycles. The van der Waals surface area contributed by atoms with E-state index in [0.717, 1.165) is 25.2 Å². The summed E-state index contributed by atoms with van der Waals surface area (Å²) in [6.07, 6.45) is 1.04. The van der Waals surface area contributed by atoms with Gasteiger partial charge in [-0.1, -0.05) is 13.8 Å². The summed E-state index contributed by atoms with van der Waals surface area (Å²) in [5.74, 6) is -0.0185. The smallest absolute Gasteiger partial charge is 0.238 e. The quantitative estimate of drug-likeness (QED) is 0.836. The average Bonchev–Trinajstić information content (AvgIpc) is 2.39. The van der Waals surface area contributed by atoms with Gasteiger partial charge in [0.25, 0.3) is 0 Å². The van der Waals surface area contributed by atoms with Crippen molar-refractivity contribution in [1.29, 1.82) is 5.26 Å². The maximum absolute atomic E-state index is 11.8. The van der Waals surface area contributed by atoms with E-state index in [9.17, 15) is 4.79 Å². The summed E-state index contributed by atoms with van der Waals surface area (Å²) >= 11 is 0. The van der Waals surface area contributed by atoms with Crippen LogP contribution in [0, 0.1) is 11.3 Å². The van der Waals surface area contributed by atoms with E-state index < -0.39 is 0 Å². The number of hydrogen-bond donors (Lipinski definition) is 1. The van der Waals surface area contributed by atoms with Gasteiger partial charge in [-0.25, -0.2) is 0 Å². The summed E-state index contributed by atoms with van der Waals surface area (Å²) < 4.78 is 0. The molecule has 4 nitrogen and oxygen atoms in total. The summed E-state index contributed by atoms with van der Waals surface area (Å²) in [6.45, 7) is 6.35. The maximum atomic E-state index is 11.8. The third-order valence-corrected chi connectivity index (χ3v) is 2.65. The van der Waals surface area contributed by atoms with Gasteiger partial charge in [0.05, 0.1) is 18.2 Å². The minimum atomic E-state index is -0.0185. The summed E-state index contributed by atoms with van der Waals surface area (Å²) in [5.41, 5.74) is 1.32. The number of nitriles is 1. The first kappa shape index (κ1) is 14.2. The van der Waals surface area contributed by atoms with Crippen LogP contribution >= 0.6 is 0 Å². The van der Waals surface area contributed by atoms with Gasteiger partial charge in [0.15, 0.2) is 0 Å². The molecule has 1 N–H and O–H groups in total. The molecule has 0 heterocycles. The van der Waals surface area contributed by atoms with Gasteiger partial charge in [0, 0.05) is 5.69 Å². The van der Waals surface area contributed by atoms with Crippen molar-refractivity contribution in [3.05, 3.63) is 29.8 Å². The molecule has 0 aliphatic heterocycles. The predicted molar refractivity (Wildman–Crippen MR) is 72.2 cm³/mol. The lowest BCUT2D eigenvalue weighted by Gasteiger charge is -2.18. The van der Waals surface area contributed by atoms with Gasteiger partial charge in [-0.15, -0.1) is 0 Å². The molecule has 4 heteroatoms. The first-order valence-electron chi connectivity index (χ1n) is 6.22. The number of nitrogens with one attached hydrogen (secondary N) is 1. The Morgan fingerprint density at radius 1 is 1.33 bits per heavy atom. The van der Waals surface area contributed by atoms with Crippen LogP contribution in [0.2, 0.25) is 0 Å². The second-order valence-corrected chi connectivity index (χ2v) is 4.11. The number of amides is 1. The number of rotatable bonds is 6. The molecular formula is C14H19N3O. The van der Waals surface area contributed by atoms with Gasteiger partial charge in [-0.05, 0) is 43.8 Å². The number of anilines is 1. The van der Waals surface area contributed by atoms with Gasteiger partial charge in [0.1, 0.15) is 0 Å². The Labute approximate surface area is 108 Å². The Hall–Kier alpha value is -1.86. The van der Waals surface area contributed by atoms with E-state index >= 15 is 0 Å². The molecule has 96 valence electrons. The molecule has 1 amide bonds. The number of nitrogens with zero attached hydrogens (tertiary/aromatic N) is 2. The minimum Gasteiger partial charge on any atom is -0.325 e. The molecule has 18 heavy (non-hydrogen) atoms. The van der Waals surface area contributed by atoms with Crippen molar-refractivity contribution in [2.75, 3.05) is 25.0 Å². The highest BCUT2D eigenvalue weighted by Crippen LogP contribution is 2.08. The molecule has 0 saturated carbocycles. The molecule has 1 rings (SSSR count). The van der Waals surface area contributed by atoms with Crippen LogP contribution in [0.15, 0.2) is 24.3 Å². The van der Waals surface area contributed by atoms with Crippen molar-refractivity contribution in [2.45, 2.75) is 20.3 Å². The zero-order valence-electron chi connectivity index (χ0n) is 10.9. The first-order valence-corrected chi connectivity index (χ1v) is 6.22. The third kappa shape index (κ3) is 4.56. The monoisotopic (exact) mass is 245 g/mol. The van der Waals surface area contributed by atoms with Gasteiger partial charge in [-0.3, -0.25) is 9.69 Å². The standard InChI is InChI=1S/C14H19N3O/c1-3-9-17(4-2)11-14(18)16-13-7-5-12(10-15)6-8-13/h5-8H,3-4,9,11H2,1-2H3,(H,16,18). The molecule has 0 aromatic heterocycles. The normalized spacial score (nSPS) is 10.1. The van der Waals surface area contributed by atoms with Gasteiger partial charge >= 0.3 is 0 Å². The lowest BCUT2D eigenvalue weighted by atomic mass is 10.2. The highest BCUT2D eigenvalue weighted by molar-refractivity contribution is 5.92. The molecule has 1 aromatic rings. The van der Waals surface area contributed by atoms with Crippen LogP contribution in [0.3, 0.4) is 0 Å². The Balaban J connectivity index is 2.50. The van der Waals surface area contributed by atoms with E-state index in [-0.39, 0.29) is 5.91 Å². The average molecular weight is 245 g/mol. The van der Waals surface area contributed by atoms with Gasteiger partial charge < -0.3 is 5.32 Å². The van der Waals surface area contributed by atoms with Crippen LogP contribution in [-0.4, -0.2) is 30.4 Å². The fourth-order valence-electron chi connectivity index (χ4n) is 1.70. The fraction of sp³-hybridized carbons (Fsp3) is 0.429. The van der Waals surface area contributed by atoms with Gasteiger partial charge in [0.2, 0.25) is 5.91 Å². The number of carbonyl (C=O) groups is 1. The second-order valence-electron chi connectivity index (χ2n) is 4.11. The lowest BCUT2D eigenvalue weighted by Crippen LogP contribution is -2.33. The van der Waals surface area contributed by atoms with Crippen LogP contribution < -0.4 is 5.32 Å². The SMILES string of the molecule is CCCN(CC)CC(=O)Nc1ccc(C#N)cc1. The van der Waals surface area contributed by atoms with Crippen LogP contribution in [0.25, 0.3) is 0 Å². The van der Waals surface area contributed by atoms with E-state index in [1.54, 1.807) is 24.3 Å². The minimum absolute atomic E-state index is 0.0185. The summed E-state index contributed by atoms with van der Waals surface area (Å²) in [7, 11) is 0. The molecule has 0 fully saturated rings. The van der Waals surface area contributed by atoms with E-state index in [0.29, 0.717) is 12.1 Å². The zero-order valence-corrected chi connectivity index (χ0v) is 10.9. The molecule has 0 bridgehead atoms. The molecule has 0 unspecified atom stereocenters. The number of benzene rings is 1. The molecular weight excluding hydrogens is 226 g/mol. The van der Waals surface area contributed by atoms with E-state index in [1.807, 2.05) is 13.0 Å². The van der Waals surface area contributed by atoms with Crippen LogP contribution in [0.1, 0.15) is 25.8 Å². The zero-order chi connectivity index (χ0) is 13.4. The first-order chi connectivity index (χ1) is 8.69. The Kier molecular flexibility index (Phi) is 5.89. The highest BCUT2D eigenvalue weighted by Gasteiger charge is 2.08. The van der Waals surface area contributed by atoms with E-state index in [4.69, 9.17) is 5.26 Å². The Morgan fingerprint density at radius 2 is 2.00 bits per heavy atom. The summed E-state index contributed by atoms with van der Waals surface area (Å²) in [5, 5.41) is 11.5. The number of likely N-dealkylation sites (N-methyl/N-ethyl adjacent to an activating group) is 1. The topological polar surface area (TPSA) is 56.1 Å². The van der Waals surface area contributed by atoms with Crippen molar-refractivity contribution in [3.8, 4) is 6.07 Å². The van der Waals surface area contributed by atoms with Crippen LogP contribution in [0.4, 0.5) is 5.69 Å². The fourth-order valence-corrected chi connectivity index (χ4v) is 1.70.